The SMILES string of the molecule is COCCOCCCn1ccc2c(C(=O)O)cccc21. The van der Waals surface area contributed by atoms with Crippen LogP contribution in [0.15, 0.2) is 30.5 Å². The molecule has 0 fully saturated rings. The number of hydrogen-bond donors (Lipinski definition) is 1. The molecule has 2 rings (SSSR count). The third-order valence-electron chi connectivity index (χ3n) is 3.16. The number of carbonyl (C=O) groups is 1. The topological polar surface area (TPSA) is 60.7 Å². The Labute approximate surface area is 117 Å². The van der Waals surface area contributed by atoms with Crippen LogP contribution in [0.25, 0.3) is 10.9 Å². The highest BCUT2D eigenvalue weighted by Gasteiger charge is 2.10. The summed E-state index contributed by atoms with van der Waals surface area (Å²) >= 11 is 0. The summed E-state index contributed by atoms with van der Waals surface area (Å²) in [5.74, 6) is -0.892. The van der Waals surface area contributed by atoms with Gasteiger partial charge in [0, 0.05) is 37.4 Å². The Hall–Kier alpha value is -1.85. The highest BCUT2D eigenvalue weighted by atomic mass is 16.5. The molecule has 0 unspecified atom stereocenters. The summed E-state index contributed by atoms with van der Waals surface area (Å²) in [7, 11) is 1.65. The van der Waals surface area contributed by atoms with Crippen LogP contribution in [0.1, 0.15) is 16.8 Å². The molecule has 0 aliphatic carbocycles. The molecule has 20 heavy (non-hydrogen) atoms. The summed E-state index contributed by atoms with van der Waals surface area (Å²) in [6, 6.07) is 7.19. The van der Waals surface area contributed by atoms with E-state index in [0.29, 0.717) is 25.4 Å². The van der Waals surface area contributed by atoms with Crippen LogP contribution in [0.5, 0.6) is 0 Å². The number of rotatable bonds is 8. The number of aryl methyl sites for hydroxylation is 1. The van der Waals surface area contributed by atoms with E-state index in [2.05, 4.69) is 4.57 Å². The van der Waals surface area contributed by atoms with Gasteiger partial charge in [-0.15, -0.1) is 0 Å². The van der Waals surface area contributed by atoms with Gasteiger partial charge in [-0.3, -0.25) is 0 Å². The monoisotopic (exact) mass is 277 g/mol. The third kappa shape index (κ3) is 3.37. The van der Waals surface area contributed by atoms with Gasteiger partial charge in [0.1, 0.15) is 0 Å². The molecule has 0 atom stereocenters. The van der Waals surface area contributed by atoms with Crippen molar-refractivity contribution in [2.45, 2.75) is 13.0 Å². The van der Waals surface area contributed by atoms with Crippen molar-refractivity contribution in [1.82, 2.24) is 4.57 Å². The van der Waals surface area contributed by atoms with E-state index in [9.17, 15) is 4.79 Å². The van der Waals surface area contributed by atoms with Gasteiger partial charge in [0.05, 0.1) is 18.8 Å². The minimum absolute atomic E-state index is 0.345. The molecule has 0 radical (unpaired) electrons. The number of benzene rings is 1. The number of ether oxygens (including phenoxy) is 2. The summed E-state index contributed by atoms with van der Waals surface area (Å²) in [6.07, 6.45) is 2.80. The van der Waals surface area contributed by atoms with Crippen molar-refractivity contribution in [3.63, 3.8) is 0 Å². The van der Waals surface area contributed by atoms with Crippen molar-refractivity contribution in [2.24, 2.45) is 0 Å². The first-order valence-corrected chi connectivity index (χ1v) is 6.62. The zero-order valence-electron chi connectivity index (χ0n) is 11.5. The van der Waals surface area contributed by atoms with E-state index in [0.717, 1.165) is 23.9 Å². The number of aromatic carboxylic acids is 1. The molecule has 1 aromatic carbocycles. The normalized spacial score (nSPS) is 11.1. The van der Waals surface area contributed by atoms with Crippen LogP contribution in [0.2, 0.25) is 0 Å². The molecule has 0 spiro atoms. The number of fused-ring (bicyclic) bond motifs is 1. The van der Waals surface area contributed by atoms with Crippen LogP contribution in [0.3, 0.4) is 0 Å². The van der Waals surface area contributed by atoms with E-state index in [4.69, 9.17) is 14.6 Å². The predicted octanol–water partition coefficient (Wildman–Crippen LogP) is 2.39. The third-order valence-corrected chi connectivity index (χ3v) is 3.16. The molecule has 1 aromatic heterocycles. The number of aromatic nitrogens is 1. The van der Waals surface area contributed by atoms with Gasteiger partial charge in [-0.05, 0) is 24.6 Å². The Kier molecular flexibility index (Phi) is 5.15. The summed E-state index contributed by atoms with van der Waals surface area (Å²) < 4.78 is 12.4. The first-order valence-electron chi connectivity index (χ1n) is 6.62. The van der Waals surface area contributed by atoms with Crippen LogP contribution in [0.4, 0.5) is 0 Å². The van der Waals surface area contributed by atoms with Crippen LogP contribution < -0.4 is 0 Å². The van der Waals surface area contributed by atoms with E-state index < -0.39 is 5.97 Å². The van der Waals surface area contributed by atoms with Crippen LogP contribution in [0, 0.1) is 0 Å². The van der Waals surface area contributed by atoms with Gasteiger partial charge in [-0.2, -0.15) is 0 Å². The van der Waals surface area contributed by atoms with Gasteiger partial charge in [0.25, 0.3) is 0 Å². The van der Waals surface area contributed by atoms with Gasteiger partial charge in [0.15, 0.2) is 0 Å². The lowest BCUT2D eigenvalue weighted by atomic mass is 10.1. The van der Waals surface area contributed by atoms with E-state index in [1.54, 1.807) is 19.2 Å². The first-order chi connectivity index (χ1) is 9.74. The fourth-order valence-corrected chi connectivity index (χ4v) is 2.19. The standard InChI is InChI=1S/C15H19NO4/c1-19-10-11-20-9-3-7-16-8-6-12-13(15(17)18)4-2-5-14(12)16/h2,4-6,8H,3,7,9-11H2,1H3,(H,17,18). The lowest BCUT2D eigenvalue weighted by Crippen LogP contribution is -2.06. The summed E-state index contributed by atoms with van der Waals surface area (Å²) in [5.41, 5.74) is 1.29. The van der Waals surface area contributed by atoms with Gasteiger partial charge < -0.3 is 19.1 Å². The van der Waals surface area contributed by atoms with E-state index >= 15 is 0 Å². The van der Waals surface area contributed by atoms with Crippen LogP contribution in [-0.4, -0.2) is 42.6 Å². The smallest absolute Gasteiger partial charge is 0.336 e. The fourth-order valence-electron chi connectivity index (χ4n) is 2.19. The largest absolute Gasteiger partial charge is 0.478 e. The maximum absolute atomic E-state index is 11.1. The Morgan fingerprint density at radius 3 is 2.85 bits per heavy atom. The highest BCUT2D eigenvalue weighted by molar-refractivity contribution is 6.02. The average molecular weight is 277 g/mol. The van der Waals surface area contributed by atoms with Crippen LogP contribution >= 0.6 is 0 Å². The fraction of sp³-hybridized carbons (Fsp3) is 0.400. The Balaban J connectivity index is 1.98. The molecule has 1 heterocycles. The maximum Gasteiger partial charge on any atom is 0.336 e. The number of hydrogen-bond acceptors (Lipinski definition) is 3. The van der Waals surface area contributed by atoms with Gasteiger partial charge in [-0.1, -0.05) is 6.07 Å². The molecular weight excluding hydrogens is 258 g/mol. The summed E-state index contributed by atoms with van der Waals surface area (Å²) in [4.78, 5) is 11.1. The predicted molar refractivity (Wildman–Crippen MR) is 76.2 cm³/mol. The highest BCUT2D eigenvalue weighted by Crippen LogP contribution is 2.20. The Bertz CT molecular complexity index is 576. The molecule has 108 valence electrons. The molecule has 1 N–H and O–H groups in total. The molecule has 0 aliphatic heterocycles. The van der Waals surface area contributed by atoms with Crippen molar-refractivity contribution in [3.05, 3.63) is 36.0 Å². The first kappa shape index (κ1) is 14.6. The molecule has 0 saturated carbocycles. The number of carboxylic acids is 1. The van der Waals surface area contributed by atoms with E-state index in [1.807, 2.05) is 18.3 Å². The molecule has 0 amide bonds. The van der Waals surface area contributed by atoms with Crippen molar-refractivity contribution in [2.75, 3.05) is 26.9 Å². The number of nitrogens with zero attached hydrogens (tertiary/aromatic N) is 1. The second-order valence-electron chi connectivity index (χ2n) is 4.51. The second-order valence-corrected chi connectivity index (χ2v) is 4.51. The lowest BCUT2D eigenvalue weighted by molar-refractivity contribution is 0.0681. The molecule has 0 saturated heterocycles. The molecule has 5 nitrogen and oxygen atoms in total. The van der Waals surface area contributed by atoms with Crippen molar-refractivity contribution >= 4 is 16.9 Å². The summed E-state index contributed by atoms with van der Waals surface area (Å²) in [5, 5.41) is 9.93. The molecule has 0 aliphatic rings. The molecule has 5 heteroatoms. The zero-order valence-corrected chi connectivity index (χ0v) is 11.5. The molecule has 2 aromatic rings. The van der Waals surface area contributed by atoms with Crippen molar-refractivity contribution in [3.8, 4) is 0 Å². The van der Waals surface area contributed by atoms with E-state index in [-0.39, 0.29) is 0 Å². The lowest BCUT2D eigenvalue weighted by Gasteiger charge is -2.07. The van der Waals surface area contributed by atoms with Gasteiger partial charge >= 0.3 is 5.97 Å². The van der Waals surface area contributed by atoms with Crippen molar-refractivity contribution < 1.29 is 19.4 Å². The Morgan fingerprint density at radius 2 is 2.10 bits per heavy atom. The van der Waals surface area contributed by atoms with Crippen LogP contribution in [-0.2, 0) is 16.0 Å². The number of methoxy groups -OCH3 is 1. The maximum atomic E-state index is 11.1. The quantitative estimate of drug-likeness (QED) is 0.753. The molecule has 0 bridgehead atoms. The Morgan fingerprint density at radius 1 is 1.25 bits per heavy atom. The van der Waals surface area contributed by atoms with Crippen molar-refractivity contribution in [1.29, 1.82) is 0 Å². The zero-order chi connectivity index (χ0) is 14.4. The van der Waals surface area contributed by atoms with Gasteiger partial charge in [0.2, 0.25) is 0 Å². The second kappa shape index (κ2) is 7.07. The molecular formula is C15H19NO4. The minimum atomic E-state index is -0.892. The number of carboxylic acid groups (broad SMARTS) is 1. The average Bonchev–Trinajstić information content (AvgIpc) is 2.85. The minimum Gasteiger partial charge on any atom is -0.478 e. The summed E-state index contributed by atoms with van der Waals surface area (Å²) in [6.45, 7) is 2.68. The van der Waals surface area contributed by atoms with Gasteiger partial charge in [-0.25, -0.2) is 4.79 Å². The van der Waals surface area contributed by atoms with E-state index in [1.165, 1.54) is 0 Å².